The molecule has 12 heteroatoms. The number of aromatic nitrogens is 1. The van der Waals surface area contributed by atoms with E-state index in [1.54, 1.807) is 20.8 Å². The second kappa shape index (κ2) is 10.6. The van der Waals surface area contributed by atoms with E-state index in [0.717, 1.165) is 38.3 Å². The molecule has 1 aromatic rings. The predicted molar refractivity (Wildman–Crippen MR) is 122 cm³/mol. The summed E-state index contributed by atoms with van der Waals surface area (Å²) < 4.78 is 39.9. The van der Waals surface area contributed by atoms with Crippen LogP contribution in [0.2, 0.25) is 0 Å². The lowest BCUT2D eigenvalue weighted by Gasteiger charge is -2.35. The van der Waals surface area contributed by atoms with Crippen LogP contribution in [0.3, 0.4) is 0 Å². The first kappa shape index (κ1) is 25.8. The van der Waals surface area contributed by atoms with Gasteiger partial charge >= 0.3 is 6.09 Å². The van der Waals surface area contributed by atoms with E-state index < -0.39 is 33.0 Å². The van der Waals surface area contributed by atoms with E-state index in [9.17, 15) is 18.3 Å². The molecule has 186 valence electrons. The lowest BCUT2D eigenvalue weighted by molar-refractivity contribution is -0.0807. The Morgan fingerprint density at radius 1 is 1.27 bits per heavy atom. The number of hydrogen-bond donors (Lipinski definition) is 3. The minimum Gasteiger partial charge on any atom is -0.484 e. The Morgan fingerprint density at radius 3 is 2.48 bits per heavy atom. The number of anilines is 1. The number of nitrogens with zero attached hydrogens (tertiary/aromatic N) is 1. The molecule has 2 fully saturated rings. The summed E-state index contributed by atoms with van der Waals surface area (Å²) in [5.41, 5.74) is -0.679. The highest BCUT2D eigenvalue weighted by molar-refractivity contribution is 8.13. The highest BCUT2D eigenvalue weighted by Crippen LogP contribution is 2.32. The van der Waals surface area contributed by atoms with E-state index >= 15 is 0 Å². The van der Waals surface area contributed by atoms with Gasteiger partial charge in [0, 0.05) is 16.7 Å². The van der Waals surface area contributed by atoms with Crippen molar-refractivity contribution in [2.24, 2.45) is 5.92 Å². The molecule has 0 spiro atoms. The molecular weight excluding hydrogens is 474 g/mol. The lowest BCUT2D eigenvalue weighted by Crippen LogP contribution is -2.52. The molecule has 3 N–H and O–H groups in total. The summed E-state index contributed by atoms with van der Waals surface area (Å²) >= 11 is 0. The van der Waals surface area contributed by atoms with Gasteiger partial charge < -0.3 is 30.0 Å². The van der Waals surface area contributed by atoms with Crippen molar-refractivity contribution in [3.05, 3.63) is 12.3 Å². The van der Waals surface area contributed by atoms with Gasteiger partial charge in [-0.15, -0.1) is 0 Å². The first-order valence-corrected chi connectivity index (χ1v) is 13.4. The van der Waals surface area contributed by atoms with Gasteiger partial charge in [0.1, 0.15) is 34.4 Å². The highest BCUT2D eigenvalue weighted by Gasteiger charge is 2.33. The fourth-order valence-corrected chi connectivity index (χ4v) is 4.75. The summed E-state index contributed by atoms with van der Waals surface area (Å²) in [5, 5.41) is 16.7. The van der Waals surface area contributed by atoms with E-state index in [1.807, 2.05) is 0 Å². The van der Waals surface area contributed by atoms with Crippen molar-refractivity contribution in [3.63, 3.8) is 0 Å². The predicted octanol–water partition coefficient (Wildman–Crippen LogP) is 2.99. The van der Waals surface area contributed by atoms with Gasteiger partial charge in [-0.1, -0.05) is 19.3 Å². The van der Waals surface area contributed by atoms with Crippen LogP contribution < -0.4 is 15.4 Å². The van der Waals surface area contributed by atoms with Gasteiger partial charge in [-0.3, -0.25) is 0 Å². The molecule has 1 amide bonds. The number of aliphatic hydroxyl groups is 1. The van der Waals surface area contributed by atoms with Gasteiger partial charge in [-0.25, -0.2) is 18.2 Å². The minimum atomic E-state index is -4.10. The van der Waals surface area contributed by atoms with Gasteiger partial charge in [-0.2, -0.15) is 0 Å². The average Bonchev–Trinajstić information content (AvgIpc) is 2.67. The molecule has 1 aliphatic carbocycles. The van der Waals surface area contributed by atoms with E-state index in [1.165, 1.54) is 6.07 Å². The molecule has 2 heterocycles. The van der Waals surface area contributed by atoms with Crippen molar-refractivity contribution in [3.8, 4) is 5.75 Å². The molecule has 3 rings (SSSR count). The fourth-order valence-electron chi connectivity index (χ4n) is 3.87. The molecule has 1 saturated carbocycles. The SMILES string of the molecule is CC(C)(C)OC(=O)N[C@@H](C1CCCCC1)[C@H](O)Nc1cc(OC2COC2)c(S(=O)(=O)Cl)cn1. The largest absolute Gasteiger partial charge is 0.484 e. The van der Waals surface area contributed by atoms with Crippen LogP contribution in [0.4, 0.5) is 10.6 Å². The number of pyridine rings is 1. The number of ether oxygens (including phenoxy) is 3. The third-order valence-corrected chi connectivity index (χ3v) is 6.80. The number of alkyl carbamates (subject to hydrolysis) is 1. The maximum absolute atomic E-state index is 12.4. The van der Waals surface area contributed by atoms with Crippen molar-refractivity contribution >= 4 is 31.6 Å². The van der Waals surface area contributed by atoms with Crippen LogP contribution in [0, 0.1) is 5.92 Å². The van der Waals surface area contributed by atoms with Crippen molar-refractivity contribution in [1.82, 2.24) is 10.3 Å². The van der Waals surface area contributed by atoms with Crippen LogP contribution >= 0.6 is 10.7 Å². The second-order valence-electron chi connectivity index (χ2n) is 9.39. The molecule has 0 aromatic carbocycles. The van der Waals surface area contributed by atoms with Crippen LogP contribution in [0.1, 0.15) is 52.9 Å². The number of carbonyl (C=O) groups is 1. The molecule has 1 aliphatic heterocycles. The molecule has 1 aromatic heterocycles. The molecule has 33 heavy (non-hydrogen) atoms. The molecular formula is C21H32ClN3O7S. The van der Waals surface area contributed by atoms with Crippen molar-refractivity contribution < 1.29 is 32.5 Å². The number of carbonyl (C=O) groups excluding carboxylic acids is 1. The van der Waals surface area contributed by atoms with Gasteiger partial charge in [0.25, 0.3) is 9.05 Å². The summed E-state index contributed by atoms with van der Waals surface area (Å²) in [4.78, 5) is 16.2. The third-order valence-electron chi connectivity index (χ3n) is 5.47. The standard InChI is InChI=1S/C21H32ClN3O7S/c1-21(2,3)32-20(27)25-18(13-7-5-4-6-8-13)19(26)24-17-9-15(31-14-11-30-12-14)16(10-23-17)33(22,28)29/h9-10,13-14,18-19,26H,4-8,11-12H2,1-3H3,(H,23,24)(H,25,27)/t18-,19-/m0/s1. The number of hydrogen-bond acceptors (Lipinski definition) is 9. The van der Waals surface area contributed by atoms with E-state index in [4.69, 9.17) is 24.9 Å². The van der Waals surface area contributed by atoms with Gasteiger partial charge in [0.15, 0.2) is 0 Å². The van der Waals surface area contributed by atoms with E-state index in [-0.39, 0.29) is 28.5 Å². The summed E-state index contributed by atoms with van der Waals surface area (Å²) in [6, 6.07) is 0.727. The molecule has 0 unspecified atom stereocenters. The Morgan fingerprint density at radius 2 is 1.94 bits per heavy atom. The molecule has 2 aliphatic rings. The summed E-state index contributed by atoms with van der Waals surface area (Å²) in [6.45, 7) is 5.96. The number of amides is 1. The van der Waals surface area contributed by atoms with Crippen LogP contribution in [0.25, 0.3) is 0 Å². The monoisotopic (exact) mass is 505 g/mol. The highest BCUT2D eigenvalue weighted by atomic mass is 35.7. The number of aliphatic hydroxyl groups excluding tert-OH is 1. The third kappa shape index (κ3) is 7.59. The Labute approximate surface area is 198 Å². The normalized spacial score (nSPS) is 19.8. The first-order valence-electron chi connectivity index (χ1n) is 11.1. The smallest absolute Gasteiger partial charge is 0.408 e. The second-order valence-corrected chi connectivity index (χ2v) is 11.9. The van der Waals surface area contributed by atoms with Gasteiger partial charge in [0.2, 0.25) is 0 Å². The van der Waals surface area contributed by atoms with Gasteiger partial charge in [0.05, 0.1) is 25.5 Å². The topological polar surface area (TPSA) is 136 Å². The Bertz CT molecular complexity index is 928. The maximum Gasteiger partial charge on any atom is 0.408 e. The lowest BCUT2D eigenvalue weighted by atomic mass is 9.83. The molecule has 0 radical (unpaired) electrons. The zero-order valence-electron chi connectivity index (χ0n) is 19.0. The fraction of sp³-hybridized carbons (Fsp3) is 0.714. The molecule has 1 saturated heterocycles. The Kier molecular flexibility index (Phi) is 8.31. The molecule has 0 bridgehead atoms. The quantitative estimate of drug-likeness (QED) is 0.359. The van der Waals surface area contributed by atoms with E-state index in [0.29, 0.717) is 13.2 Å². The van der Waals surface area contributed by atoms with Crippen LogP contribution in [-0.4, -0.2) is 61.8 Å². The number of halogens is 1. The van der Waals surface area contributed by atoms with Crippen LogP contribution in [0.15, 0.2) is 17.2 Å². The Hall–Kier alpha value is -1.82. The minimum absolute atomic E-state index is 0.0114. The van der Waals surface area contributed by atoms with Crippen molar-refractivity contribution in [2.45, 2.75) is 81.7 Å². The zero-order chi connectivity index (χ0) is 24.2. The summed E-state index contributed by atoms with van der Waals surface area (Å²) in [5.74, 6) is 0.227. The summed E-state index contributed by atoms with van der Waals surface area (Å²) in [6.07, 6.45) is 3.78. The van der Waals surface area contributed by atoms with Crippen LogP contribution in [0.5, 0.6) is 5.75 Å². The Balaban J connectivity index is 1.78. The first-order chi connectivity index (χ1) is 15.4. The van der Waals surface area contributed by atoms with E-state index in [2.05, 4.69) is 15.6 Å². The van der Waals surface area contributed by atoms with Gasteiger partial charge in [-0.05, 0) is 39.5 Å². The van der Waals surface area contributed by atoms with Crippen molar-refractivity contribution in [2.75, 3.05) is 18.5 Å². The maximum atomic E-state index is 12.4. The average molecular weight is 506 g/mol. The molecule has 2 atom stereocenters. The number of nitrogens with one attached hydrogen (secondary N) is 2. The zero-order valence-corrected chi connectivity index (χ0v) is 20.6. The molecule has 10 nitrogen and oxygen atoms in total. The van der Waals surface area contributed by atoms with Crippen LogP contribution in [-0.2, 0) is 18.5 Å². The van der Waals surface area contributed by atoms with Crippen molar-refractivity contribution in [1.29, 1.82) is 0 Å². The summed E-state index contributed by atoms with van der Waals surface area (Å²) in [7, 11) is 1.42. The number of rotatable bonds is 8.